The highest BCUT2D eigenvalue weighted by molar-refractivity contribution is 6.32. The zero-order valence-electron chi connectivity index (χ0n) is 12.0. The summed E-state index contributed by atoms with van der Waals surface area (Å²) in [7, 11) is 0. The molecule has 0 bridgehead atoms. The highest BCUT2D eigenvalue weighted by atomic mass is 35.5. The predicted molar refractivity (Wildman–Crippen MR) is 84.3 cm³/mol. The monoisotopic (exact) mass is 307 g/mol. The summed E-state index contributed by atoms with van der Waals surface area (Å²) < 4.78 is 6.91. The molecule has 0 aliphatic carbocycles. The summed E-state index contributed by atoms with van der Waals surface area (Å²) in [5, 5.41) is 7.30. The fourth-order valence-electron chi connectivity index (χ4n) is 1.81. The van der Waals surface area contributed by atoms with Crippen LogP contribution in [0.25, 0.3) is 0 Å². The number of para-hydroxylation sites is 1. The maximum Gasteiger partial charge on any atom is 0.287 e. The van der Waals surface area contributed by atoms with Gasteiger partial charge in [-0.2, -0.15) is 5.10 Å². The van der Waals surface area contributed by atoms with Gasteiger partial charge in [0.05, 0.1) is 17.9 Å². The van der Waals surface area contributed by atoms with Crippen LogP contribution in [0.15, 0.2) is 41.3 Å². The quantitative estimate of drug-likeness (QED) is 0.834. The summed E-state index contributed by atoms with van der Waals surface area (Å²) >= 11 is 6.06. The van der Waals surface area contributed by atoms with E-state index in [0.717, 1.165) is 5.75 Å². The number of hydrogen-bond donors (Lipinski definition) is 1. The SMILES string of the molecule is CC(C)n1ncc(NCCOc2ccccc2)c(Cl)c1=O. The molecule has 21 heavy (non-hydrogen) atoms. The first-order valence-corrected chi connectivity index (χ1v) is 7.16. The average molecular weight is 308 g/mol. The van der Waals surface area contributed by atoms with Crippen molar-refractivity contribution in [2.24, 2.45) is 0 Å². The van der Waals surface area contributed by atoms with Gasteiger partial charge in [0.1, 0.15) is 17.4 Å². The van der Waals surface area contributed by atoms with Crippen LogP contribution in [0.5, 0.6) is 5.75 Å². The van der Waals surface area contributed by atoms with Gasteiger partial charge in [-0.1, -0.05) is 29.8 Å². The fourth-order valence-corrected chi connectivity index (χ4v) is 2.01. The van der Waals surface area contributed by atoms with Gasteiger partial charge in [0.2, 0.25) is 0 Å². The Labute approximate surface area is 128 Å². The zero-order chi connectivity index (χ0) is 15.2. The summed E-state index contributed by atoms with van der Waals surface area (Å²) in [5.74, 6) is 0.804. The fraction of sp³-hybridized carbons (Fsp3) is 0.333. The molecule has 0 aliphatic heterocycles. The van der Waals surface area contributed by atoms with Crippen LogP contribution in [-0.4, -0.2) is 22.9 Å². The molecule has 0 amide bonds. The molecule has 6 heteroatoms. The van der Waals surface area contributed by atoms with E-state index in [1.807, 2.05) is 44.2 Å². The molecule has 0 unspecified atom stereocenters. The molecule has 0 saturated heterocycles. The van der Waals surface area contributed by atoms with Gasteiger partial charge in [0.15, 0.2) is 0 Å². The zero-order valence-corrected chi connectivity index (χ0v) is 12.8. The van der Waals surface area contributed by atoms with Gasteiger partial charge in [-0.15, -0.1) is 0 Å². The molecule has 112 valence electrons. The van der Waals surface area contributed by atoms with Crippen LogP contribution in [0, 0.1) is 0 Å². The maximum absolute atomic E-state index is 12.0. The number of nitrogens with one attached hydrogen (secondary N) is 1. The number of ether oxygens (including phenoxy) is 1. The van der Waals surface area contributed by atoms with E-state index in [-0.39, 0.29) is 16.6 Å². The van der Waals surface area contributed by atoms with E-state index in [2.05, 4.69) is 10.4 Å². The van der Waals surface area contributed by atoms with Crippen molar-refractivity contribution in [1.82, 2.24) is 9.78 Å². The molecule has 1 N–H and O–H groups in total. The lowest BCUT2D eigenvalue weighted by molar-refractivity contribution is 0.333. The minimum atomic E-state index is -0.291. The molecule has 0 atom stereocenters. The maximum atomic E-state index is 12.0. The Hall–Kier alpha value is -2.01. The number of halogens is 1. The third-order valence-corrected chi connectivity index (χ3v) is 3.23. The van der Waals surface area contributed by atoms with Crippen molar-refractivity contribution in [2.75, 3.05) is 18.5 Å². The van der Waals surface area contributed by atoms with E-state index >= 15 is 0 Å². The Kier molecular flexibility index (Phi) is 5.22. The van der Waals surface area contributed by atoms with Gasteiger partial charge in [-0.05, 0) is 26.0 Å². The van der Waals surface area contributed by atoms with E-state index in [0.29, 0.717) is 18.8 Å². The average Bonchev–Trinajstić information content (AvgIpc) is 2.48. The molecule has 1 aromatic carbocycles. The van der Waals surface area contributed by atoms with Crippen molar-refractivity contribution < 1.29 is 4.74 Å². The minimum Gasteiger partial charge on any atom is -0.492 e. The molecule has 2 rings (SSSR count). The van der Waals surface area contributed by atoms with Crippen LogP contribution in [-0.2, 0) is 0 Å². The molecule has 0 spiro atoms. The van der Waals surface area contributed by atoms with Crippen LogP contribution in [0.3, 0.4) is 0 Å². The number of hydrogen-bond acceptors (Lipinski definition) is 4. The molecular formula is C15H18ClN3O2. The van der Waals surface area contributed by atoms with Gasteiger partial charge >= 0.3 is 0 Å². The van der Waals surface area contributed by atoms with Gasteiger partial charge in [0, 0.05) is 6.54 Å². The van der Waals surface area contributed by atoms with Crippen molar-refractivity contribution in [2.45, 2.75) is 19.9 Å². The lowest BCUT2D eigenvalue weighted by Gasteiger charge is -2.12. The van der Waals surface area contributed by atoms with Crippen LogP contribution < -0.4 is 15.6 Å². The second-order valence-electron chi connectivity index (χ2n) is 4.80. The van der Waals surface area contributed by atoms with Crippen molar-refractivity contribution in [3.8, 4) is 5.75 Å². The highest BCUT2D eigenvalue weighted by Gasteiger charge is 2.10. The summed E-state index contributed by atoms with van der Waals surface area (Å²) in [6.45, 7) is 4.76. The number of nitrogens with zero attached hydrogens (tertiary/aromatic N) is 2. The molecule has 1 heterocycles. The first kappa shape index (κ1) is 15.4. The predicted octanol–water partition coefficient (Wildman–Crippen LogP) is 2.97. The van der Waals surface area contributed by atoms with Gasteiger partial charge in [-0.25, -0.2) is 4.68 Å². The molecule has 0 saturated carbocycles. The normalized spacial score (nSPS) is 10.7. The van der Waals surface area contributed by atoms with E-state index in [9.17, 15) is 4.79 Å². The van der Waals surface area contributed by atoms with Crippen molar-refractivity contribution >= 4 is 17.3 Å². The van der Waals surface area contributed by atoms with Gasteiger partial charge in [-0.3, -0.25) is 4.79 Å². The van der Waals surface area contributed by atoms with Crippen LogP contribution in [0.2, 0.25) is 5.02 Å². The van der Waals surface area contributed by atoms with E-state index < -0.39 is 0 Å². The summed E-state index contributed by atoms with van der Waals surface area (Å²) in [5.41, 5.74) is 0.232. The van der Waals surface area contributed by atoms with Crippen molar-refractivity contribution in [1.29, 1.82) is 0 Å². The molecule has 5 nitrogen and oxygen atoms in total. The highest BCUT2D eigenvalue weighted by Crippen LogP contribution is 2.16. The molecule has 2 aromatic rings. The first-order chi connectivity index (χ1) is 10.1. The second kappa shape index (κ2) is 7.13. The topological polar surface area (TPSA) is 56.1 Å². The molecular weight excluding hydrogens is 290 g/mol. The van der Waals surface area contributed by atoms with Crippen molar-refractivity contribution in [3.63, 3.8) is 0 Å². The van der Waals surface area contributed by atoms with Gasteiger partial charge < -0.3 is 10.1 Å². The third kappa shape index (κ3) is 3.98. The lowest BCUT2D eigenvalue weighted by Crippen LogP contribution is -2.26. The van der Waals surface area contributed by atoms with Crippen LogP contribution >= 0.6 is 11.6 Å². The van der Waals surface area contributed by atoms with Crippen LogP contribution in [0.1, 0.15) is 19.9 Å². The van der Waals surface area contributed by atoms with E-state index in [1.165, 1.54) is 4.68 Å². The molecule has 1 aromatic heterocycles. The Bertz CT molecular complexity index is 641. The van der Waals surface area contributed by atoms with Crippen molar-refractivity contribution in [3.05, 3.63) is 51.9 Å². The molecule has 0 aliphatic rings. The number of benzene rings is 1. The smallest absolute Gasteiger partial charge is 0.287 e. The van der Waals surface area contributed by atoms with E-state index in [4.69, 9.17) is 16.3 Å². The van der Waals surface area contributed by atoms with Gasteiger partial charge in [0.25, 0.3) is 5.56 Å². The van der Waals surface area contributed by atoms with Crippen LogP contribution in [0.4, 0.5) is 5.69 Å². The largest absolute Gasteiger partial charge is 0.492 e. The third-order valence-electron chi connectivity index (χ3n) is 2.86. The lowest BCUT2D eigenvalue weighted by atomic mass is 10.3. The first-order valence-electron chi connectivity index (χ1n) is 6.78. The number of anilines is 1. The standard InChI is InChI=1S/C15H18ClN3O2/c1-11(2)19-15(20)14(16)13(10-18-19)17-8-9-21-12-6-4-3-5-7-12/h3-7,10-11,17H,8-9H2,1-2H3. The number of rotatable bonds is 6. The summed E-state index contributed by atoms with van der Waals surface area (Å²) in [6.07, 6.45) is 1.56. The Morgan fingerprint density at radius 2 is 2.05 bits per heavy atom. The Morgan fingerprint density at radius 3 is 2.71 bits per heavy atom. The summed E-state index contributed by atoms with van der Waals surface area (Å²) in [4.78, 5) is 12.0. The molecule has 0 radical (unpaired) electrons. The summed E-state index contributed by atoms with van der Waals surface area (Å²) in [6, 6.07) is 9.51. The molecule has 0 fully saturated rings. The second-order valence-corrected chi connectivity index (χ2v) is 5.18. The minimum absolute atomic E-state index is 0.0227. The number of aromatic nitrogens is 2. The Morgan fingerprint density at radius 1 is 1.33 bits per heavy atom. The van der Waals surface area contributed by atoms with E-state index in [1.54, 1.807) is 6.20 Å². The Balaban J connectivity index is 1.92.